The molecule has 0 bridgehead atoms. The first kappa shape index (κ1) is 22.2. The molecular formula is C19H21FN2O6S. The van der Waals surface area contributed by atoms with Crippen LogP contribution in [0.3, 0.4) is 0 Å². The second-order valence-electron chi connectivity index (χ2n) is 6.57. The number of nitrogens with two attached hydrogens (primary N) is 1. The molecule has 0 saturated carbocycles. The minimum atomic E-state index is -4.36. The third-order valence-corrected chi connectivity index (χ3v) is 5.62. The number of primary amides is 1. The lowest BCUT2D eigenvalue weighted by atomic mass is 9.98. The maximum absolute atomic E-state index is 13.5. The Labute approximate surface area is 167 Å². The van der Waals surface area contributed by atoms with E-state index in [1.807, 2.05) is 13.8 Å². The lowest BCUT2D eigenvalue weighted by Crippen LogP contribution is -2.21. The molecule has 2 aromatic carbocycles. The van der Waals surface area contributed by atoms with E-state index in [9.17, 15) is 27.5 Å². The number of benzene rings is 2. The average molecular weight is 424 g/mol. The molecule has 0 spiro atoms. The van der Waals surface area contributed by atoms with Crippen LogP contribution in [0.2, 0.25) is 0 Å². The van der Waals surface area contributed by atoms with Gasteiger partial charge in [-0.15, -0.1) is 0 Å². The molecule has 1 amide bonds. The first-order valence-electron chi connectivity index (χ1n) is 8.51. The number of amides is 1. The normalized spacial score (nSPS) is 11.3. The van der Waals surface area contributed by atoms with Crippen molar-refractivity contribution in [2.75, 3.05) is 11.8 Å². The summed E-state index contributed by atoms with van der Waals surface area (Å²) in [5.41, 5.74) is 4.97. The van der Waals surface area contributed by atoms with Crippen LogP contribution in [0.5, 0.6) is 5.75 Å². The van der Waals surface area contributed by atoms with Gasteiger partial charge in [0.25, 0.3) is 10.0 Å². The summed E-state index contributed by atoms with van der Waals surface area (Å²) in [4.78, 5) is 22.7. The third-order valence-electron chi connectivity index (χ3n) is 4.15. The van der Waals surface area contributed by atoms with Gasteiger partial charge >= 0.3 is 5.97 Å². The van der Waals surface area contributed by atoms with Gasteiger partial charge in [-0.25, -0.2) is 17.6 Å². The van der Waals surface area contributed by atoms with E-state index in [1.54, 1.807) is 6.07 Å². The van der Waals surface area contributed by atoms with Gasteiger partial charge in [-0.1, -0.05) is 19.9 Å². The van der Waals surface area contributed by atoms with Gasteiger partial charge in [0.2, 0.25) is 5.91 Å². The summed E-state index contributed by atoms with van der Waals surface area (Å²) in [5.74, 6) is -3.02. The Hall–Kier alpha value is -3.14. The number of hydrogen-bond acceptors (Lipinski definition) is 5. The summed E-state index contributed by atoms with van der Waals surface area (Å²) >= 11 is 0. The summed E-state index contributed by atoms with van der Waals surface area (Å²) < 4.78 is 46.7. The van der Waals surface area contributed by atoms with Crippen LogP contribution >= 0.6 is 0 Å². The number of nitrogens with one attached hydrogen (secondary N) is 1. The van der Waals surface area contributed by atoms with Gasteiger partial charge < -0.3 is 15.6 Å². The summed E-state index contributed by atoms with van der Waals surface area (Å²) in [7, 11) is -3.08. The Morgan fingerprint density at radius 1 is 1.24 bits per heavy atom. The highest BCUT2D eigenvalue weighted by Gasteiger charge is 2.26. The van der Waals surface area contributed by atoms with Crippen molar-refractivity contribution >= 4 is 27.6 Å². The van der Waals surface area contributed by atoms with Crippen molar-refractivity contribution in [1.29, 1.82) is 0 Å². The van der Waals surface area contributed by atoms with Crippen molar-refractivity contribution in [2.45, 2.75) is 31.1 Å². The van der Waals surface area contributed by atoms with Crippen molar-refractivity contribution in [2.24, 2.45) is 5.73 Å². The van der Waals surface area contributed by atoms with Crippen LogP contribution in [0.15, 0.2) is 35.2 Å². The number of sulfonamides is 1. The Kier molecular flexibility index (Phi) is 6.48. The van der Waals surface area contributed by atoms with Gasteiger partial charge in [0.15, 0.2) is 0 Å². The Balaban J connectivity index is 2.62. The van der Waals surface area contributed by atoms with E-state index in [0.717, 1.165) is 18.2 Å². The molecule has 0 unspecified atom stereocenters. The predicted molar refractivity (Wildman–Crippen MR) is 104 cm³/mol. The smallest absolute Gasteiger partial charge is 0.341 e. The topological polar surface area (TPSA) is 136 Å². The summed E-state index contributed by atoms with van der Waals surface area (Å²) in [5, 5.41) is 9.64. The molecule has 29 heavy (non-hydrogen) atoms. The van der Waals surface area contributed by atoms with Crippen LogP contribution in [0.25, 0.3) is 0 Å². The fourth-order valence-electron chi connectivity index (χ4n) is 2.91. The molecule has 2 rings (SSSR count). The molecule has 0 fully saturated rings. The van der Waals surface area contributed by atoms with E-state index in [2.05, 4.69) is 4.72 Å². The zero-order valence-electron chi connectivity index (χ0n) is 16.0. The van der Waals surface area contributed by atoms with Gasteiger partial charge in [0, 0.05) is 0 Å². The number of carbonyl (C=O) groups excluding carboxylic acids is 1. The lowest BCUT2D eigenvalue weighted by molar-refractivity contribution is -0.117. The zero-order chi connectivity index (χ0) is 21.9. The number of rotatable bonds is 8. The highest BCUT2D eigenvalue weighted by Crippen LogP contribution is 2.36. The minimum absolute atomic E-state index is 0.0316. The standard InChI is InChI=1S/C19H21FN2O6S/c1-10(2)13-5-6-14(17(19(24)25)18(13)28-3)22-29(26,27)15-7-4-12(20)8-11(15)9-16(21)23/h4-8,10,22H,9H2,1-3H3,(H2,21,23)(H,24,25). The first-order valence-corrected chi connectivity index (χ1v) is 10.00. The van der Waals surface area contributed by atoms with Crippen LogP contribution in [0.1, 0.15) is 41.3 Å². The molecule has 0 radical (unpaired) electrons. The molecule has 0 saturated heterocycles. The fraction of sp³-hybridized carbons (Fsp3) is 0.263. The second kappa shape index (κ2) is 8.48. The van der Waals surface area contributed by atoms with E-state index in [4.69, 9.17) is 10.5 Å². The fourth-order valence-corrected chi connectivity index (χ4v) is 4.20. The molecule has 0 atom stereocenters. The Morgan fingerprint density at radius 2 is 1.90 bits per heavy atom. The molecule has 0 heterocycles. The molecule has 0 aliphatic rings. The van der Waals surface area contributed by atoms with E-state index in [0.29, 0.717) is 5.56 Å². The summed E-state index contributed by atoms with van der Waals surface area (Å²) in [6.45, 7) is 3.67. The average Bonchev–Trinajstić information content (AvgIpc) is 2.59. The number of anilines is 1. The van der Waals surface area contributed by atoms with E-state index < -0.39 is 34.1 Å². The molecule has 156 valence electrons. The van der Waals surface area contributed by atoms with Crippen LogP contribution in [-0.2, 0) is 21.2 Å². The van der Waals surface area contributed by atoms with E-state index in [1.165, 1.54) is 13.2 Å². The number of carbonyl (C=O) groups is 2. The van der Waals surface area contributed by atoms with Crippen LogP contribution in [-0.4, -0.2) is 32.5 Å². The summed E-state index contributed by atoms with van der Waals surface area (Å²) in [6.07, 6.45) is -0.505. The second-order valence-corrected chi connectivity index (χ2v) is 8.22. The number of hydrogen-bond donors (Lipinski definition) is 3. The van der Waals surface area contributed by atoms with Crippen LogP contribution in [0.4, 0.5) is 10.1 Å². The molecule has 2 aromatic rings. The zero-order valence-corrected chi connectivity index (χ0v) is 16.8. The number of halogens is 1. The van der Waals surface area contributed by atoms with Crippen molar-refractivity contribution in [1.82, 2.24) is 0 Å². The van der Waals surface area contributed by atoms with E-state index in [-0.39, 0.29) is 33.4 Å². The van der Waals surface area contributed by atoms with Gasteiger partial charge in [-0.3, -0.25) is 9.52 Å². The Bertz CT molecular complexity index is 1070. The SMILES string of the molecule is COc1c(C(C)C)ccc(NS(=O)(=O)c2ccc(F)cc2CC(N)=O)c1C(=O)O. The van der Waals surface area contributed by atoms with Gasteiger partial charge in [-0.2, -0.15) is 0 Å². The lowest BCUT2D eigenvalue weighted by Gasteiger charge is -2.19. The minimum Gasteiger partial charge on any atom is -0.495 e. The number of methoxy groups -OCH3 is 1. The molecule has 0 aliphatic carbocycles. The van der Waals surface area contributed by atoms with Crippen molar-refractivity contribution in [3.8, 4) is 5.75 Å². The van der Waals surface area contributed by atoms with Gasteiger partial charge in [0.1, 0.15) is 17.1 Å². The number of aromatic carboxylic acids is 1. The maximum Gasteiger partial charge on any atom is 0.341 e. The number of carboxylic acids is 1. The molecule has 4 N–H and O–H groups in total. The first-order chi connectivity index (χ1) is 13.5. The van der Waals surface area contributed by atoms with Crippen molar-refractivity contribution in [3.05, 3.63) is 52.8 Å². The largest absolute Gasteiger partial charge is 0.495 e. The van der Waals surface area contributed by atoms with Gasteiger partial charge in [-0.05, 0) is 41.3 Å². The molecule has 0 aromatic heterocycles. The molecule has 0 aliphatic heterocycles. The monoisotopic (exact) mass is 424 g/mol. The molecular weight excluding hydrogens is 403 g/mol. The predicted octanol–water partition coefficient (Wildman–Crippen LogP) is 2.48. The molecule has 10 heteroatoms. The number of carboxylic acid groups (broad SMARTS) is 1. The van der Waals surface area contributed by atoms with Crippen molar-refractivity contribution in [3.63, 3.8) is 0 Å². The van der Waals surface area contributed by atoms with E-state index >= 15 is 0 Å². The highest BCUT2D eigenvalue weighted by molar-refractivity contribution is 7.92. The van der Waals surface area contributed by atoms with Crippen LogP contribution < -0.4 is 15.2 Å². The Morgan fingerprint density at radius 3 is 2.41 bits per heavy atom. The van der Waals surface area contributed by atoms with Crippen LogP contribution in [0, 0.1) is 5.82 Å². The number of ether oxygens (including phenoxy) is 1. The quantitative estimate of drug-likeness (QED) is 0.596. The summed E-state index contributed by atoms with van der Waals surface area (Å²) in [6, 6.07) is 5.66. The third kappa shape index (κ3) is 4.83. The highest BCUT2D eigenvalue weighted by atomic mass is 32.2. The van der Waals surface area contributed by atoms with Gasteiger partial charge in [0.05, 0.1) is 24.1 Å². The molecule has 8 nitrogen and oxygen atoms in total. The maximum atomic E-state index is 13.5. The van der Waals surface area contributed by atoms with Crippen molar-refractivity contribution < 1.29 is 32.2 Å².